The number of benzene rings is 1. The molecule has 0 bridgehead atoms. The summed E-state index contributed by atoms with van der Waals surface area (Å²) in [5.41, 5.74) is 7.79. The van der Waals surface area contributed by atoms with Gasteiger partial charge in [-0.15, -0.1) is 0 Å². The molecule has 2 fully saturated rings. The van der Waals surface area contributed by atoms with Crippen LogP contribution in [0.1, 0.15) is 87.0 Å². The third-order valence-electron chi connectivity index (χ3n) is 9.40. The van der Waals surface area contributed by atoms with Crippen LogP contribution in [0, 0.1) is 24.2 Å². The van der Waals surface area contributed by atoms with Crippen molar-refractivity contribution in [1.29, 1.82) is 0 Å². The number of nitrogens with one attached hydrogen (secondary N) is 1. The quantitative estimate of drug-likeness (QED) is 0.626. The van der Waals surface area contributed by atoms with Gasteiger partial charge >= 0.3 is 0 Å². The molecule has 5 rings (SSSR count). The summed E-state index contributed by atoms with van der Waals surface area (Å²) in [4.78, 5) is 0. The Morgan fingerprint density at radius 2 is 2.00 bits per heavy atom. The van der Waals surface area contributed by atoms with Gasteiger partial charge in [0.05, 0.1) is 12.2 Å². The van der Waals surface area contributed by atoms with Crippen LogP contribution in [0.3, 0.4) is 0 Å². The first-order chi connectivity index (χ1) is 14.3. The van der Waals surface area contributed by atoms with Gasteiger partial charge in [-0.3, -0.25) is 0 Å². The lowest BCUT2D eigenvalue weighted by Crippen LogP contribution is -2.50. The molecule has 1 aliphatic heterocycles. The lowest BCUT2D eigenvalue weighted by atomic mass is 9.57. The number of fused-ring (bicyclic) bond motifs is 5. The predicted molar refractivity (Wildman–Crippen MR) is 122 cm³/mol. The fourth-order valence-electron chi connectivity index (χ4n) is 7.49. The highest BCUT2D eigenvalue weighted by Crippen LogP contribution is 2.60. The van der Waals surface area contributed by atoms with E-state index in [1.54, 1.807) is 11.1 Å². The summed E-state index contributed by atoms with van der Waals surface area (Å²) in [6, 6.07) is 4.92. The molecule has 1 saturated heterocycles. The molecule has 164 valence electrons. The molecule has 0 aromatic heterocycles. The Hall–Kier alpha value is -1.16. The number of hydrogen-bond donors (Lipinski definition) is 3. The van der Waals surface area contributed by atoms with Gasteiger partial charge in [-0.05, 0) is 103 Å². The summed E-state index contributed by atoms with van der Waals surface area (Å²) < 4.78 is 0. The summed E-state index contributed by atoms with van der Waals surface area (Å²) >= 11 is 0. The van der Waals surface area contributed by atoms with Crippen LogP contribution in [-0.2, 0) is 6.42 Å². The second-order valence-electron chi connectivity index (χ2n) is 11.2. The lowest BCUT2D eigenvalue weighted by molar-refractivity contribution is 0.0656. The van der Waals surface area contributed by atoms with Crippen LogP contribution >= 0.6 is 0 Å². The maximum Gasteiger partial charge on any atom is 0.0702 e. The van der Waals surface area contributed by atoms with E-state index >= 15 is 0 Å². The Balaban J connectivity index is 1.44. The molecular weight excluding hydrogens is 370 g/mol. The number of aliphatic hydroxyl groups excluding tert-OH is 2. The van der Waals surface area contributed by atoms with E-state index in [2.05, 4.69) is 51.2 Å². The van der Waals surface area contributed by atoms with Gasteiger partial charge in [0, 0.05) is 6.04 Å². The molecule has 3 N–H and O–H groups in total. The van der Waals surface area contributed by atoms with E-state index in [4.69, 9.17) is 0 Å². The number of allylic oxidation sites excluding steroid dienone is 1. The average Bonchev–Trinajstić information content (AvgIpc) is 3.09. The molecule has 3 aliphatic carbocycles. The van der Waals surface area contributed by atoms with Crippen LogP contribution in [-0.4, -0.2) is 35.0 Å². The minimum Gasteiger partial charge on any atom is -0.393 e. The fraction of sp³-hybridized carbons (Fsp3) is 0.704. The molecule has 0 amide bonds. The summed E-state index contributed by atoms with van der Waals surface area (Å²) in [6.45, 7) is 10.3. The topological polar surface area (TPSA) is 52.5 Å². The first-order valence-corrected chi connectivity index (χ1v) is 12.2. The van der Waals surface area contributed by atoms with E-state index in [1.165, 1.54) is 23.1 Å². The Morgan fingerprint density at radius 3 is 2.77 bits per heavy atom. The van der Waals surface area contributed by atoms with Crippen molar-refractivity contribution in [3.63, 3.8) is 0 Å². The Bertz CT molecular complexity index is 861. The number of piperidine rings is 1. The summed E-state index contributed by atoms with van der Waals surface area (Å²) in [7, 11) is 0. The van der Waals surface area contributed by atoms with E-state index < -0.39 is 0 Å². The predicted octanol–water partition coefficient (Wildman–Crippen LogP) is 4.59. The molecular formula is C27H39NO2. The maximum atomic E-state index is 10.7. The molecule has 1 saturated carbocycles. The van der Waals surface area contributed by atoms with Crippen LogP contribution < -0.4 is 5.32 Å². The van der Waals surface area contributed by atoms with Gasteiger partial charge in [-0.2, -0.15) is 0 Å². The van der Waals surface area contributed by atoms with Crippen LogP contribution in [0.15, 0.2) is 23.8 Å². The van der Waals surface area contributed by atoms with E-state index in [-0.39, 0.29) is 23.7 Å². The van der Waals surface area contributed by atoms with Crippen molar-refractivity contribution in [2.75, 3.05) is 6.54 Å². The van der Waals surface area contributed by atoms with E-state index in [1.807, 2.05) is 0 Å². The van der Waals surface area contributed by atoms with Gasteiger partial charge < -0.3 is 15.5 Å². The number of aliphatic hydroxyl groups is 2. The zero-order chi connectivity index (χ0) is 21.2. The molecule has 8 atom stereocenters. The second kappa shape index (κ2) is 7.46. The van der Waals surface area contributed by atoms with Crippen molar-refractivity contribution < 1.29 is 10.2 Å². The first kappa shape index (κ1) is 20.7. The van der Waals surface area contributed by atoms with Crippen LogP contribution in [0.4, 0.5) is 0 Å². The molecule has 1 heterocycles. The summed E-state index contributed by atoms with van der Waals surface area (Å²) in [6.07, 6.45) is 8.20. The van der Waals surface area contributed by atoms with Crippen molar-refractivity contribution >= 4 is 0 Å². The maximum absolute atomic E-state index is 10.7. The van der Waals surface area contributed by atoms with Crippen LogP contribution in [0.5, 0.6) is 0 Å². The van der Waals surface area contributed by atoms with E-state index in [0.29, 0.717) is 23.7 Å². The average molecular weight is 410 g/mol. The smallest absolute Gasteiger partial charge is 0.0702 e. The van der Waals surface area contributed by atoms with Crippen molar-refractivity contribution in [2.45, 2.75) is 96.3 Å². The normalized spacial score (nSPS) is 41.5. The minimum atomic E-state index is -0.265. The standard InChI is InChI=1S/C27H39NO2/c1-15-11-25(30)26(28-14-15)17(3)20-7-8-21-22-6-5-18-12-19(29)9-10-27(18,4)24(22)13-23(21)16(20)2/h5,7-8,15,17,19,22,24-26,28-30H,6,9-14H2,1-4H3. The monoisotopic (exact) mass is 409 g/mol. The van der Waals surface area contributed by atoms with Gasteiger partial charge in [0.25, 0.3) is 0 Å². The first-order valence-electron chi connectivity index (χ1n) is 12.2. The van der Waals surface area contributed by atoms with Crippen LogP contribution in [0.2, 0.25) is 0 Å². The van der Waals surface area contributed by atoms with Gasteiger partial charge in [-0.1, -0.05) is 44.6 Å². The minimum absolute atomic E-state index is 0.143. The molecule has 1 aromatic rings. The number of hydrogen-bond acceptors (Lipinski definition) is 3. The Morgan fingerprint density at radius 1 is 1.20 bits per heavy atom. The van der Waals surface area contributed by atoms with E-state index in [9.17, 15) is 10.2 Å². The number of rotatable bonds is 2. The molecule has 0 radical (unpaired) electrons. The highest BCUT2D eigenvalue weighted by atomic mass is 16.3. The molecule has 3 nitrogen and oxygen atoms in total. The van der Waals surface area contributed by atoms with Crippen molar-refractivity contribution in [3.05, 3.63) is 46.0 Å². The third-order valence-corrected chi connectivity index (χ3v) is 9.40. The van der Waals surface area contributed by atoms with Crippen molar-refractivity contribution in [1.82, 2.24) is 5.32 Å². The molecule has 3 heteroatoms. The summed E-state index contributed by atoms with van der Waals surface area (Å²) in [5, 5.41) is 24.6. The highest BCUT2D eigenvalue weighted by molar-refractivity contribution is 5.49. The molecule has 0 spiro atoms. The molecule has 30 heavy (non-hydrogen) atoms. The molecule has 8 unspecified atom stereocenters. The van der Waals surface area contributed by atoms with Gasteiger partial charge in [0.1, 0.15) is 0 Å². The Labute approximate surface area is 182 Å². The van der Waals surface area contributed by atoms with Gasteiger partial charge in [0.15, 0.2) is 0 Å². The van der Waals surface area contributed by atoms with E-state index in [0.717, 1.165) is 38.6 Å². The largest absolute Gasteiger partial charge is 0.393 e. The zero-order valence-electron chi connectivity index (χ0n) is 19.1. The van der Waals surface area contributed by atoms with Crippen molar-refractivity contribution in [3.8, 4) is 0 Å². The van der Waals surface area contributed by atoms with Crippen LogP contribution in [0.25, 0.3) is 0 Å². The lowest BCUT2D eigenvalue weighted by Gasteiger charge is -2.48. The Kier molecular flexibility index (Phi) is 5.16. The highest BCUT2D eigenvalue weighted by Gasteiger charge is 2.50. The zero-order valence-corrected chi connectivity index (χ0v) is 19.1. The summed E-state index contributed by atoms with van der Waals surface area (Å²) in [5.74, 6) is 2.16. The van der Waals surface area contributed by atoms with Gasteiger partial charge in [-0.25, -0.2) is 0 Å². The SMILES string of the molecule is Cc1c(C(C)C2NCC(C)CC2O)ccc2c1CC1C2CC=C2CC(O)CCC21C. The fourth-order valence-corrected chi connectivity index (χ4v) is 7.49. The molecule has 1 aromatic carbocycles. The second-order valence-corrected chi connectivity index (χ2v) is 11.2. The molecule has 4 aliphatic rings. The van der Waals surface area contributed by atoms with Gasteiger partial charge in [0.2, 0.25) is 0 Å². The van der Waals surface area contributed by atoms with Crippen molar-refractivity contribution in [2.24, 2.45) is 17.3 Å². The third kappa shape index (κ3) is 3.12.